The molecule has 0 aliphatic heterocycles. The van der Waals surface area contributed by atoms with Crippen molar-refractivity contribution in [2.45, 2.75) is 65.3 Å². The van der Waals surface area contributed by atoms with Gasteiger partial charge in [0.2, 0.25) is 11.8 Å². The van der Waals surface area contributed by atoms with Gasteiger partial charge in [-0.3, -0.25) is 9.59 Å². The van der Waals surface area contributed by atoms with Crippen LogP contribution in [0.3, 0.4) is 0 Å². The number of hydrogen-bond donors (Lipinski definition) is 2. The average Bonchev–Trinajstić information content (AvgIpc) is 2.86. The number of carbonyl (C=O) groups is 3. The van der Waals surface area contributed by atoms with Crippen LogP contribution in [-0.4, -0.2) is 53.0 Å². The molecule has 2 atom stereocenters. The molecule has 0 aliphatic carbocycles. The maximum atomic E-state index is 14.0. The predicted molar refractivity (Wildman–Crippen MR) is 155 cm³/mol. The summed E-state index contributed by atoms with van der Waals surface area (Å²) in [6, 6.07) is 13.6. The number of thioether (sulfide) groups is 1. The number of hydrogen-bond acceptors (Lipinski definition) is 5. The van der Waals surface area contributed by atoms with E-state index in [9.17, 15) is 14.4 Å². The normalized spacial score (nSPS) is 12.7. The van der Waals surface area contributed by atoms with Crippen molar-refractivity contribution in [3.8, 4) is 0 Å². The van der Waals surface area contributed by atoms with Crippen molar-refractivity contribution < 1.29 is 19.1 Å². The Bertz CT molecular complexity index is 1100. The smallest absolute Gasteiger partial charge is 0.408 e. The number of nitrogens with zero attached hydrogens (tertiary/aromatic N) is 1. The second kappa shape index (κ2) is 14.6. The van der Waals surface area contributed by atoms with Gasteiger partial charge in [-0.05, 0) is 75.3 Å². The van der Waals surface area contributed by atoms with Crippen LogP contribution in [-0.2, 0) is 20.9 Å². The Balaban J connectivity index is 2.47. The standard InChI is InChI=1S/C30H41N3O4S/c1-8-18-33(28(35)25(17-19-38-7)32-29(36)37-30(4,5)6)26(24-16-12-13-21(2)22(24)3)27(34)31-20-23-14-10-9-11-15-23/h8-16,25-26H,1,17-20H2,2-7H3,(H,31,34)(H,32,36). The number of ether oxygens (including phenoxy) is 1. The molecule has 0 saturated heterocycles. The van der Waals surface area contributed by atoms with Crippen molar-refractivity contribution in [1.29, 1.82) is 0 Å². The summed E-state index contributed by atoms with van der Waals surface area (Å²) in [4.78, 5) is 42.0. The summed E-state index contributed by atoms with van der Waals surface area (Å²) in [6.07, 6.45) is 3.25. The average molecular weight is 540 g/mol. The Kier molecular flexibility index (Phi) is 11.9. The highest BCUT2D eigenvalue weighted by Gasteiger charge is 2.36. The van der Waals surface area contributed by atoms with Crippen LogP contribution in [0, 0.1) is 13.8 Å². The van der Waals surface area contributed by atoms with E-state index in [1.54, 1.807) is 38.6 Å². The van der Waals surface area contributed by atoms with Gasteiger partial charge in [-0.1, -0.05) is 54.6 Å². The number of carbonyl (C=O) groups excluding carboxylic acids is 3. The molecule has 0 heterocycles. The number of aryl methyl sites for hydroxylation is 1. The minimum absolute atomic E-state index is 0.126. The molecular weight excluding hydrogens is 498 g/mol. The van der Waals surface area contributed by atoms with Crippen molar-refractivity contribution >= 4 is 29.7 Å². The monoisotopic (exact) mass is 539 g/mol. The topological polar surface area (TPSA) is 87.7 Å². The van der Waals surface area contributed by atoms with E-state index in [-0.39, 0.29) is 18.4 Å². The van der Waals surface area contributed by atoms with Gasteiger partial charge >= 0.3 is 6.09 Å². The van der Waals surface area contributed by atoms with Crippen molar-refractivity contribution in [2.75, 3.05) is 18.6 Å². The Labute approximate surface area is 231 Å². The summed E-state index contributed by atoms with van der Waals surface area (Å²) in [5, 5.41) is 5.75. The molecule has 0 radical (unpaired) electrons. The molecule has 7 nitrogen and oxygen atoms in total. The highest BCUT2D eigenvalue weighted by molar-refractivity contribution is 7.98. The molecule has 0 saturated carbocycles. The third kappa shape index (κ3) is 9.24. The van der Waals surface area contributed by atoms with E-state index in [2.05, 4.69) is 17.2 Å². The maximum absolute atomic E-state index is 14.0. The van der Waals surface area contributed by atoms with Crippen LogP contribution in [0.15, 0.2) is 61.2 Å². The molecule has 0 aliphatic rings. The first-order valence-electron chi connectivity index (χ1n) is 12.8. The molecule has 2 aromatic carbocycles. The Morgan fingerprint density at radius 1 is 1.08 bits per heavy atom. The van der Waals surface area contributed by atoms with E-state index in [1.807, 2.05) is 68.6 Å². The lowest BCUT2D eigenvalue weighted by atomic mass is 9.95. The van der Waals surface area contributed by atoms with Gasteiger partial charge in [0.1, 0.15) is 17.7 Å². The van der Waals surface area contributed by atoms with Crippen molar-refractivity contribution in [3.05, 3.63) is 83.4 Å². The number of amides is 3. The predicted octanol–water partition coefficient (Wildman–Crippen LogP) is 5.32. The SMILES string of the molecule is C=CCN(C(=O)C(CCSC)NC(=O)OC(C)(C)C)C(C(=O)NCc1ccccc1)c1cccc(C)c1C. The van der Waals surface area contributed by atoms with Gasteiger partial charge in [0.25, 0.3) is 0 Å². The highest BCUT2D eigenvalue weighted by Crippen LogP contribution is 2.28. The summed E-state index contributed by atoms with van der Waals surface area (Å²) in [6.45, 7) is 13.5. The first-order chi connectivity index (χ1) is 18.0. The number of rotatable bonds is 12. The van der Waals surface area contributed by atoms with E-state index in [4.69, 9.17) is 4.74 Å². The summed E-state index contributed by atoms with van der Waals surface area (Å²) in [5.74, 6) is -0.0353. The maximum Gasteiger partial charge on any atom is 0.408 e. The molecule has 38 heavy (non-hydrogen) atoms. The molecular formula is C30H41N3O4S. The lowest BCUT2D eigenvalue weighted by Gasteiger charge is -2.34. The van der Waals surface area contributed by atoms with Gasteiger partial charge in [-0.2, -0.15) is 11.8 Å². The molecule has 8 heteroatoms. The molecule has 0 fully saturated rings. The largest absolute Gasteiger partial charge is 0.444 e. The Morgan fingerprint density at radius 3 is 2.37 bits per heavy atom. The van der Waals surface area contributed by atoms with Gasteiger partial charge in [-0.25, -0.2) is 4.79 Å². The van der Waals surface area contributed by atoms with Gasteiger partial charge in [-0.15, -0.1) is 6.58 Å². The fourth-order valence-corrected chi connectivity index (χ4v) is 4.48. The first kappa shape index (κ1) is 31.0. The number of benzene rings is 2. The lowest BCUT2D eigenvalue weighted by molar-refractivity contribution is -0.142. The van der Waals surface area contributed by atoms with Crippen LogP contribution in [0.25, 0.3) is 0 Å². The van der Waals surface area contributed by atoms with E-state index in [0.717, 1.165) is 22.3 Å². The van der Waals surface area contributed by atoms with Gasteiger partial charge in [0.15, 0.2) is 0 Å². The van der Waals surface area contributed by atoms with Crippen LogP contribution in [0.5, 0.6) is 0 Å². The summed E-state index contributed by atoms with van der Waals surface area (Å²) in [5.41, 5.74) is 2.91. The molecule has 0 spiro atoms. The van der Waals surface area contributed by atoms with E-state index in [0.29, 0.717) is 18.7 Å². The van der Waals surface area contributed by atoms with Crippen molar-refractivity contribution in [3.63, 3.8) is 0 Å². The number of alkyl carbamates (subject to hydrolysis) is 1. The van der Waals surface area contributed by atoms with Crippen LogP contribution < -0.4 is 10.6 Å². The molecule has 0 bridgehead atoms. The van der Waals surface area contributed by atoms with Gasteiger partial charge < -0.3 is 20.3 Å². The lowest BCUT2D eigenvalue weighted by Crippen LogP contribution is -2.53. The molecule has 0 aromatic heterocycles. The quantitative estimate of drug-likeness (QED) is 0.357. The minimum atomic E-state index is -0.915. The second-order valence-corrected chi connectivity index (χ2v) is 11.1. The zero-order valence-electron chi connectivity index (χ0n) is 23.4. The zero-order chi connectivity index (χ0) is 28.3. The van der Waals surface area contributed by atoms with Crippen molar-refractivity contribution in [1.82, 2.24) is 15.5 Å². The van der Waals surface area contributed by atoms with Crippen LogP contribution in [0.1, 0.15) is 55.5 Å². The van der Waals surface area contributed by atoms with Crippen molar-refractivity contribution in [2.24, 2.45) is 0 Å². The number of nitrogens with one attached hydrogen (secondary N) is 2. The Morgan fingerprint density at radius 2 is 1.76 bits per heavy atom. The first-order valence-corrected chi connectivity index (χ1v) is 14.2. The highest BCUT2D eigenvalue weighted by atomic mass is 32.2. The molecule has 2 unspecified atom stereocenters. The second-order valence-electron chi connectivity index (χ2n) is 10.2. The van der Waals surface area contributed by atoms with E-state index in [1.165, 1.54) is 4.90 Å². The molecule has 2 aromatic rings. The molecule has 206 valence electrons. The van der Waals surface area contributed by atoms with E-state index < -0.39 is 23.8 Å². The van der Waals surface area contributed by atoms with Crippen LogP contribution in [0.2, 0.25) is 0 Å². The third-order valence-corrected chi connectivity index (χ3v) is 6.66. The van der Waals surface area contributed by atoms with Gasteiger partial charge in [0.05, 0.1) is 0 Å². The molecule has 2 rings (SSSR count). The van der Waals surface area contributed by atoms with Gasteiger partial charge in [0, 0.05) is 13.1 Å². The fraction of sp³-hybridized carbons (Fsp3) is 0.433. The molecule has 3 amide bonds. The van der Waals surface area contributed by atoms with E-state index >= 15 is 0 Å². The summed E-state index contributed by atoms with van der Waals surface area (Å²) < 4.78 is 5.43. The molecule has 2 N–H and O–H groups in total. The summed E-state index contributed by atoms with van der Waals surface area (Å²) >= 11 is 1.57. The van der Waals surface area contributed by atoms with Crippen LogP contribution in [0.4, 0.5) is 4.79 Å². The minimum Gasteiger partial charge on any atom is -0.444 e. The summed E-state index contributed by atoms with van der Waals surface area (Å²) in [7, 11) is 0. The van der Waals surface area contributed by atoms with Crippen LogP contribution >= 0.6 is 11.8 Å². The third-order valence-electron chi connectivity index (χ3n) is 6.02. The Hall–Kier alpha value is -3.26. The fourth-order valence-electron chi connectivity index (χ4n) is 4.01. The zero-order valence-corrected chi connectivity index (χ0v) is 24.2.